The van der Waals surface area contributed by atoms with Crippen LogP contribution in [-0.4, -0.2) is 27.5 Å². The van der Waals surface area contributed by atoms with Gasteiger partial charge >= 0.3 is 0 Å². The summed E-state index contributed by atoms with van der Waals surface area (Å²) in [5, 5.41) is 9.53. The third-order valence-corrected chi connectivity index (χ3v) is 6.09. The number of anilines is 1. The molecule has 32 heavy (non-hydrogen) atoms. The predicted octanol–water partition coefficient (Wildman–Crippen LogP) is 3.66. The maximum absolute atomic E-state index is 13.2. The van der Waals surface area contributed by atoms with Crippen LogP contribution in [0.15, 0.2) is 54.7 Å². The molecule has 4 rings (SSSR count). The van der Waals surface area contributed by atoms with E-state index in [9.17, 15) is 18.8 Å². The van der Waals surface area contributed by atoms with Gasteiger partial charge in [0, 0.05) is 12.1 Å². The number of amides is 3. The molecule has 2 N–H and O–H groups in total. The molecular formula is C24H23FN4O3. The smallest absolute Gasteiger partial charge is 0.259 e. The van der Waals surface area contributed by atoms with Gasteiger partial charge in [-0.2, -0.15) is 5.10 Å². The number of rotatable bonds is 5. The third kappa shape index (κ3) is 3.79. The zero-order chi connectivity index (χ0) is 22.9. The van der Waals surface area contributed by atoms with Crippen LogP contribution in [-0.2, 0) is 15.0 Å². The van der Waals surface area contributed by atoms with Gasteiger partial charge in [0.15, 0.2) is 0 Å². The van der Waals surface area contributed by atoms with Gasteiger partial charge in [-0.3, -0.25) is 19.7 Å². The Balaban J connectivity index is 1.52. The first kappa shape index (κ1) is 21.4. The van der Waals surface area contributed by atoms with Crippen LogP contribution in [0.1, 0.15) is 47.8 Å². The van der Waals surface area contributed by atoms with Crippen molar-refractivity contribution >= 4 is 23.4 Å². The molecule has 8 heteroatoms. The zero-order valence-corrected chi connectivity index (χ0v) is 17.8. The summed E-state index contributed by atoms with van der Waals surface area (Å²) in [5.74, 6) is -1.20. The fraction of sp³-hybridized carbons (Fsp3) is 0.250. The number of carbonyl (C=O) groups is 3. The van der Waals surface area contributed by atoms with Crippen molar-refractivity contribution in [3.05, 3.63) is 77.4 Å². The van der Waals surface area contributed by atoms with Crippen LogP contribution in [0.3, 0.4) is 0 Å². The second-order valence-corrected chi connectivity index (χ2v) is 7.88. The lowest BCUT2D eigenvalue weighted by atomic mass is 9.72. The summed E-state index contributed by atoms with van der Waals surface area (Å²) in [7, 11) is 0. The van der Waals surface area contributed by atoms with Crippen LogP contribution in [0.25, 0.3) is 5.69 Å². The number of halogens is 1. The highest BCUT2D eigenvalue weighted by Crippen LogP contribution is 2.36. The van der Waals surface area contributed by atoms with E-state index in [1.165, 1.54) is 18.3 Å². The predicted molar refractivity (Wildman–Crippen MR) is 117 cm³/mol. The lowest BCUT2D eigenvalue weighted by Gasteiger charge is -2.35. The Morgan fingerprint density at radius 2 is 1.84 bits per heavy atom. The van der Waals surface area contributed by atoms with Crippen LogP contribution in [0.2, 0.25) is 0 Å². The Labute approximate surface area is 184 Å². The van der Waals surface area contributed by atoms with E-state index in [4.69, 9.17) is 0 Å². The molecule has 7 nitrogen and oxygen atoms in total. The fourth-order valence-electron chi connectivity index (χ4n) is 4.11. The highest BCUT2D eigenvalue weighted by atomic mass is 19.1. The number of hydrogen-bond acceptors (Lipinski definition) is 4. The summed E-state index contributed by atoms with van der Waals surface area (Å²) in [6.45, 7) is 3.69. The topological polar surface area (TPSA) is 93.1 Å². The molecule has 3 aromatic rings. The molecule has 3 amide bonds. The molecule has 0 aliphatic carbocycles. The van der Waals surface area contributed by atoms with Gasteiger partial charge in [-0.1, -0.05) is 19.1 Å². The van der Waals surface area contributed by atoms with E-state index in [1.807, 2.05) is 19.1 Å². The van der Waals surface area contributed by atoms with Crippen molar-refractivity contribution in [2.75, 3.05) is 5.32 Å². The molecule has 1 atom stereocenters. The van der Waals surface area contributed by atoms with Crippen molar-refractivity contribution in [1.82, 2.24) is 15.1 Å². The van der Waals surface area contributed by atoms with Gasteiger partial charge in [0.2, 0.25) is 11.8 Å². The van der Waals surface area contributed by atoms with Gasteiger partial charge < -0.3 is 5.32 Å². The monoisotopic (exact) mass is 434 g/mol. The zero-order valence-electron chi connectivity index (χ0n) is 17.8. The van der Waals surface area contributed by atoms with Gasteiger partial charge in [-0.25, -0.2) is 9.07 Å². The van der Waals surface area contributed by atoms with Gasteiger partial charge in [0.1, 0.15) is 5.82 Å². The summed E-state index contributed by atoms with van der Waals surface area (Å²) in [4.78, 5) is 36.9. The van der Waals surface area contributed by atoms with Gasteiger partial charge in [-0.15, -0.1) is 0 Å². The first-order valence-electron chi connectivity index (χ1n) is 10.4. The number of aromatic nitrogens is 2. The van der Waals surface area contributed by atoms with Gasteiger partial charge in [-0.05, 0) is 61.7 Å². The first-order valence-corrected chi connectivity index (χ1v) is 10.4. The molecular weight excluding hydrogens is 411 g/mol. The molecule has 2 heterocycles. The molecule has 164 valence electrons. The quantitative estimate of drug-likeness (QED) is 0.600. The van der Waals surface area contributed by atoms with Gasteiger partial charge in [0.05, 0.1) is 28.6 Å². The molecule has 1 saturated heterocycles. The molecule has 0 radical (unpaired) electrons. The maximum atomic E-state index is 13.2. The minimum absolute atomic E-state index is 0.250. The largest absolute Gasteiger partial charge is 0.322 e. The summed E-state index contributed by atoms with van der Waals surface area (Å²) < 4.78 is 14.8. The Bertz CT molecular complexity index is 1180. The molecule has 1 aliphatic rings. The lowest BCUT2D eigenvalue weighted by Crippen LogP contribution is -2.51. The summed E-state index contributed by atoms with van der Waals surface area (Å²) in [6, 6.07) is 13.0. The number of carbonyl (C=O) groups excluding carboxylic acids is 3. The Morgan fingerprint density at radius 1 is 1.16 bits per heavy atom. The summed E-state index contributed by atoms with van der Waals surface area (Å²) >= 11 is 0. The number of imide groups is 1. The van der Waals surface area contributed by atoms with Crippen molar-refractivity contribution in [2.45, 2.75) is 38.5 Å². The van der Waals surface area contributed by atoms with Crippen LogP contribution in [0, 0.1) is 12.7 Å². The second kappa shape index (κ2) is 8.37. The SMILES string of the molecule is CC[C@]1(c2ccc(NC(=O)c3cnn(-c4ccc(F)cc4)c3C)cc2)CCC(=O)NC1=O. The Morgan fingerprint density at radius 3 is 2.47 bits per heavy atom. The maximum Gasteiger partial charge on any atom is 0.259 e. The second-order valence-electron chi connectivity index (χ2n) is 7.88. The average molecular weight is 434 g/mol. The van der Waals surface area contributed by atoms with E-state index < -0.39 is 5.41 Å². The molecule has 2 aromatic carbocycles. The number of piperidine rings is 1. The highest BCUT2D eigenvalue weighted by Gasteiger charge is 2.42. The molecule has 0 bridgehead atoms. The van der Waals surface area contributed by atoms with Crippen molar-refractivity contribution in [3.63, 3.8) is 0 Å². The fourth-order valence-corrected chi connectivity index (χ4v) is 4.11. The molecule has 1 aromatic heterocycles. The normalized spacial score (nSPS) is 18.3. The third-order valence-electron chi connectivity index (χ3n) is 6.09. The summed E-state index contributed by atoms with van der Waals surface area (Å²) in [5.41, 5.74) is 2.31. The van der Waals surface area contributed by atoms with E-state index in [1.54, 1.807) is 35.9 Å². The van der Waals surface area contributed by atoms with E-state index in [0.29, 0.717) is 41.9 Å². The molecule has 1 aliphatic heterocycles. The van der Waals surface area contributed by atoms with Crippen LogP contribution >= 0.6 is 0 Å². The minimum atomic E-state index is -0.747. The van der Waals surface area contributed by atoms with Crippen LogP contribution < -0.4 is 10.6 Å². The Hall–Kier alpha value is -3.81. The molecule has 0 unspecified atom stereocenters. The van der Waals surface area contributed by atoms with Crippen molar-refractivity contribution in [2.24, 2.45) is 0 Å². The van der Waals surface area contributed by atoms with Crippen LogP contribution in [0.4, 0.5) is 10.1 Å². The number of nitrogens with one attached hydrogen (secondary N) is 2. The van der Waals surface area contributed by atoms with E-state index in [0.717, 1.165) is 5.56 Å². The number of benzene rings is 2. The summed E-state index contributed by atoms with van der Waals surface area (Å²) in [6.07, 6.45) is 2.80. The molecule has 1 fully saturated rings. The first-order chi connectivity index (χ1) is 15.3. The molecule has 0 spiro atoms. The van der Waals surface area contributed by atoms with E-state index in [2.05, 4.69) is 15.7 Å². The Kier molecular flexibility index (Phi) is 5.61. The lowest BCUT2D eigenvalue weighted by molar-refractivity contribution is -0.138. The number of hydrogen-bond donors (Lipinski definition) is 2. The standard InChI is InChI=1S/C24H23FN4O3/c1-3-24(13-12-21(30)28-23(24)32)16-4-8-18(9-5-16)27-22(31)20-14-26-29(15(20)2)19-10-6-17(25)7-11-19/h4-11,14H,3,12-13H2,1-2H3,(H,27,31)(H,28,30,32)/t24-/m1/s1. The van der Waals surface area contributed by atoms with E-state index >= 15 is 0 Å². The number of nitrogens with zero attached hydrogens (tertiary/aromatic N) is 2. The van der Waals surface area contributed by atoms with Crippen LogP contribution in [0.5, 0.6) is 0 Å². The van der Waals surface area contributed by atoms with Crippen molar-refractivity contribution < 1.29 is 18.8 Å². The average Bonchev–Trinajstić information content (AvgIpc) is 3.17. The highest BCUT2D eigenvalue weighted by molar-refractivity contribution is 6.05. The van der Waals surface area contributed by atoms with E-state index in [-0.39, 0.29) is 23.5 Å². The molecule has 0 saturated carbocycles. The van der Waals surface area contributed by atoms with Gasteiger partial charge in [0.25, 0.3) is 5.91 Å². The van der Waals surface area contributed by atoms with Crippen molar-refractivity contribution in [1.29, 1.82) is 0 Å². The minimum Gasteiger partial charge on any atom is -0.322 e. The van der Waals surface area contributed by atoms with Crippen molar-refractivity contribution in [3.8, 4) is 5.69 Å².